The Labute approximate surface area is 128 Å². The highest BCUT2D eigenvalue weighted by molar-refractivity contribution is 5.78. The van der Waals surface area contributed by atoms with E-state index in [9.17, 15) is 4.79 Å². The average molecular weight is 292 g/mol. The summed E-state index contributed by atoms with van der Waals surface area (Å²) < 4.78 is 0. The number of benzene rings is 2. The van der Waals surface area contributed by atoms with E-state index in [-0.39, 0.29) is 12.1 Å². The van der Waals surface area contributed by atoms with E-state index in [2.05, 4.69) is 22.5 Å². The molecule has 0 saturated carbocycles. The lowest BCUT2D eigenvalue weighted by Crippen LogP contribution is -2.29. The number of amides is 1. The number of para-hydroxylation sites is 1. The number of anilines is 1. The molecule has 0 saturated heterocycles. The van der Waals surface area contributed by atoms with E-state index in [1.54, 1.807) is 4.90 Å². The van der Waals surface area contributed by atoms with Gasteiger partial charge in [0.15, 0.2) is 0 Å². The summed E-state index contributed by atoms with van der Waals surface area (Å²) in [5.74, 6) is 0. The van der Waals surface area contributed by atoms with Crippen molar-refractivity contribution in [3.63, 3.8) is 0 Å². The molecule has 0 N–H and O–H groups in total. The maximum atomic E-state index is 11.6. The monoisotopic (exact) mass is 292 g/mol. The van der Waals surface area contributed by atoms with Crippen LogP contribution in [0.5, 0.6) is 0 Å². The topological polar surface area (TPSA) is 48.3 Å². The first-order valence-corrected chi connectivity index (χ1v) is 7.32. The summed E-state index contributed by atoms with van der Waals surface area (Å²) in [5.41, 5.74) is 4.28. The quantitative estimate of drug-likeness (QED) is 0.757. The third-order valence-electron chi connectivity index (χ3n) is 4.43. The first kappa shape index (κ1) is 13.0. The predicted octanol–water partition coefficient (Wildman–Crippen LogP) is 3.26. The van der Waals surface area contributed by atoms with E-state index in [0.29, 0.717) is 6.54 Å². The Morgan fingerprint density at radius 3 is 2.64 bits per heavy atom. The molecule has 1 amide bonds. The molecular formula is C17H16N4O. The van der Waals surface area contributed by atoms with Crippen molar-refractivity contribution < 1.29 is 4.79 Å². The maximum Gasteiger partial charge on any atom is 0.214 e. The number of rotatable bonds is 1. The second kappa shape index (κ2) is 4.94. The highest BCUT2D eigenvalue weighted by Crippen LogP contribution is 2.46. The summed E-state index contributed by atoms with van der Waals surface area (Å²) in [5, 5.41) is 10.6. The highest BCUT2D eigenvalue weighted by atomic mass is 16.1. The van der Waals surface area contributed by atoms with Gasteiger partial charge < -0.3 is 4.90 Å². The van der Waals surface area contributed by atoms with E-state index in [4.69, 9.17) is 0 Å². The summed E-state index contributed by atoms with van der Waals surface area (Å²) in [7, 11) is 1.95. The number of nitrogens with zero attached hydrogens (tertiary/aromatic N) is 4. The van der Waals surface area contributed by atoms with Crippen LogP contribution in [0.2, 0.25) is 0 Å². The van der Waals surface area contributed by atoms with Gasteiger partial charge in [0.05, 0.1) is 6.54 Å². The van der Waals surface area contributed by atoms with Gasteiger partial charge in [0, 0.05) is 18.3 Å². The van der Waals surface area contributed by atoms with Gasteiger partial charge in [0.2, 0.25) is 6.41 Å². The molecule has 22 heavy (non-hydrogen) atoms. The molecule has 0 aliphatic carbocycles. The predicted molar refractivity (Wildman–Crippen MR) is 83.2 cm³/mol. The van der Waals surface area contributed by atoms with Crippen LogP contribution in [-0.4, -0.2) is 18.5 Å². The fraction of sp³-hybridized carbons (Fsp3) is 0.235. The van der Waals surface area contributed by atoms with Crippen LogP contribution in [0.15, 0.2) is 58.9 Å². The van der Waals surface area contributed by atoms with Crippen LogP contribution < -0.4 is 4.90 Å². The fourth-order valence-electron chi connectivity index (χ4n) is 3.39. The minimum absolute atomic E-state index is 0.0751. The minimum atomic E-state index is -0.0925. The Kier molecular flexibility index (Phi) is 2.92. The van der Waals surface area contributed by atoms with Crippen molar-refractivity contribution in [2.75, 3.05) is 11.9 Å². The molecule has 2 aromatic carbocycles. The first-order chi connectivity index (χ1) is 10.8. The van der Waals surface area contributed by atoms with Gasteiger partial charge in [-0.25, -0.2) is 0 Å². The molecule has 5 nitrogen and oxygen atoms in total. The van der Waals surface area contributed by atoms with Gasteiger partial charge >= 0.3 is 0 Å². The van der Waals surface area contributed by atoms with E-state index in [0.717, 1.165) is 23.2 Å². The number of carbonyl (C=O) groups is 1. The molecule has 0 radical (unpaired) electrons. The normalized spacial score (nSPS) is 22.4. The minimum Gasteiger partial charge on any atom is -0.310 e. The zero-order valence-corrected chi connectivity index (χ0v) is 12.3. The third-order valence-corrected chi connectivity index (χ3v) is 4.43. The van der Waals surface area contributed by atoms with Gasteiger partial charge in [0.1, 0.15) is 12.1 Å². The highest BCUT2D eigenvalue weighted by Gasteiger charge is 2.37. The first-order valence-electron chi connectivity index (χ1n) is 7.32. The summed E-state index contributed by atoms with van der Waals surface area (Å²) in [6, 6.07) is 16.1. The van der Waals surface area contributed by atoms with Crippen molar-refractivity contribution in [3.05, 3.63) is 65.2 Å². The molecule has 5 heteroatoms. The Hall–Kier alpha value is -2.69. The van der Waals surface area contributed by atoms with Crippen molar-refractivity contribution in [2.45, 2.75) is 18.6 Å². The maximum absolute atomic E-state index is 11.6. The molecular weight excluding hydrogens is 276 g/mol. The number of likely N-dealkylation sites (N-methyl/N-ethyl adjacent to an activating group) is 1. The molecule has 0 spiro atoms. The Balaban J connectivity index is 1.96. The molecule has 2 heterocycles. The summed E-state index contributed by atoms with van der Waals surface area (Å²) in [6.45, 7) is 0.563. The largest absolute Gasteiger partial charge is 0.310 e. The van der Waals surface area contributed by atoms with Crippen LogP contribution >= 0.6 is 0 Å². The van der Waals surface area contributed by atoms with Crippen LogP contribution in [0.4, 0.5) is 5.69 Å². The van der Waals surface area contributed by atoms with Gasteiger partial charge in [-0.15, -0.1) is 0 Å². The molecule has 2 aromatic rings. The summed E-state index contributed by atoms with van der Waals surface area (Å²) in [4.78, 5) is 13.4. The van der Waals surface area contributed by atoms with Gasteiger partial charge in [-0.05, 0) is 17.2 Å². The van der Waals surface area contributed by atoms with Crippen LogP contribution in [0.25, 0.3) is 0 Å². The molecule has 0 bridgehead atoms. The lowest BCUT2D eigenvalue weighted by atomic mass is 9.88. The Morgan fingerprint density at radius 1 is 1.09 bits per heavy atom. The van der Waals surface area contributed by atoms with Crippen molar-refractivity contribution in [1.29, 1.82) is 0 Å². The van der Waals surface area contributed by atoms with Crippen LogP contribution in [0, 0.1) is 0 Å². The van der Waals surface area contributed by atoms with E-state index >= 15 is 0 Å². The van der Waals surface area contributed by atoms with Crippen molar-refractivity contribution in [3.8, 4) is 0 Å². The number of fused-ring (bicyclic) bond motifs is 5. The third kappa shape index (κ3) is 1.82. The molecule has 2 unspecified atom stereocenters. The fourth-order valence-corrected chi connectivity index (χ4v) is 3.39. The molecule has 2 aliphatic rings. The molecule has 4 rings (SSSR count). The Morgan fingerprint density at radius 2 is 1.82 bits per heavy atom. The standard InChI is InChI=1S/C17H16N4O/c1-20-17-13-7-3-2-6-12(13)10-21(11-22)15-9-5-4-8-14(15)16(17)18-19-20/h2-9,11,16-17H,10H2,1H3. The smallest absolute Gasteiger partial charge is 0.214 e. The summed E-state index contributed by atoms with van der Waals surface area (Å²) >= 11 is 0. The van der Waals surface area contributed by atoms with Crippen molar-refractivity contribution >= 4 is 12.1 Å². The second-order valence-electron chi connectivity index (χ2n) is 5.66. The van der Waals surface area contributed by atoms with Gasteiger partial charge in [-0.1, -0.05) is 47.7 Å². The molecule has 0 fully saturated rings. The number of hydrogen-bond donors (Lipinski definition) is 0. The summed E-state index contributed by atoms with van der Waals surface area (Å²) in [6.07, 6.45) is 0.895. The number of carbonyl (C=O) groups excluding carboxylic acids is 1. The van der Waals surface area contributed by atoms with Gasteiger partial charge in [0.25, 0.3) is 0 Å². The van der Waals surface area contributed by atoms with Crippen LogP contribution in [0.1, 0.15) is 28.8 Å². The Bertz CT molecular complexity index is 758. The SMILES string of the molecule is CN1N=NC2c3ccccc3N(C=O)Cc3ccccc3C21. The van der Waals surface area contributed by atoms with E-state index in [1.807, 2.05) is 48.5 Å². The van der Waals surface area contributed by atoms with Crippen molar-refractivity contribution in [2.24, 2.45) is 10.3 Å². The van der Waals surface area contributed by atoms with Crippen LogP contribution in [0.3, 0.4) is 0 Å². The van der Waals surface area contributed by atoms with Crippen molar-refractivity contribution in [1.82, 2.24) is 5.01 Å². The van der Waals surface area contributed by atoms with Crippen LogP contribution in [-0.2, 0) is 11.3 Å². The van der Waals surface area contributed by atoms with Gasteiger partial charge in [-0.2, -0.15) is 5.11 Å². The van der Waals surface area contributed by atoms with Gasteiger partial charge in [-0.3, -0.25) is 9.80 Å². The molecule has 110 valence electrons. The number of hydrogen-bond acceptors (Lipinski definition) is 4. The lowest BCUT2D eigenvalue weighted by Gasteiger charge is -2.32. The van der Waals surface area contributed by atoms with E-state index in [1.165, 1.54) is 5.56 Å². The zero-order valence-electron chi connectivity index (χ0n) is 12.3. The van der Waals surface area contributed by atoms with E-state index < -0.39 is 0 Å². The average Bonchev–Trinajstić information content (AvgIpc) is 2.92. The molecule has 2 aliphatic heterocycles. The second-order valence-corrected chi connectivity index (χ2v) is 5.66. The zero-order chi connectivity index (χ0) is 15.1. The lowest BCUT2D eigenvalue weighted by molar-refractivity contribution is -0.107. The molecule has 2 atom stereocenters. The molecule has 0 aromatic heterocycles.